The summed E-state index contributed by atoms with van der Waals surface area (Å²) in [7, 11) is 0. The minimum Gasteiger partial charge on any atom is -0.380 e. The van der Waals surface area contributed by atoms with Crippen LogP contribution in [0.3, 0.4) is 0 Å². The molecule has 1 N–H and O–H groups in total. The Kier molecular flexibility index (Phi) is 3.83. The van der Waals surface area contributed by atoms with E-state index in [1.54, 1.807) is 0 Å². The van der Waals surface area contributed by atoms with E-state index in [1.807, 2.05) is 6.92 Å². The van der Waals surface area contributed by atoms with Gasteiger partial charge in [-0.25, -0.2) is 0 Å². The maximum atomic E-state index is 12.4. The van der Waals surface area contributed by atoms with Crippen molar-refractivity contribution in [2.75, 3.05) is 13.1 Å². The fourth-order valence-electron chi connectivity index (χ4n) is 1.78. The van der Waals surface area contributed by atoms with Crippen molar-refractivity contribution in [3.8, 4) is 0 Å². The maximum absolute atomic E-state index is 12.4. The summed E-state index contributed by atoms with van der Waals surface area (Å²) in [6, 6.07) is 0. The van der Waals surface area contributed by atoms with Gasteiger partial charge in [0.25, 0.3) is 0 Å². The van der Waals surface area contributed by atoms with Crippen LogP contribution in [0.4, 0.5) is 13.2 Å². The number of hydrogen-bond donors (Lipinski definition) is 1. The van der Waals surface area contributed by atoms with E-state index in [4.69, 9.17) is 0 Å². The highest BCUT2D eigenvalue weighted by molar-refractivity contribution is 5.76. The Morgan fingerprint density at radius 1 is 1.38 bits per heavy atom. The predicted octanol–water partition coefficient (Wildman–Crippen LogP) is 1.70. The first-order valence-electron chi connectivity index (χ1n) is 5.37. The van der Waals surface area contributed by atoms with Crippen molar-refractivity contribution in [3.05, 3.63) is 0 Å². The quantitative estimate of drug-likeness (QED) is 0.796. The number of likely N-dealkylation sites (tertiary alicyclic amines) is 1. The summed E-state index contributed by atoms with van der Waals surface area (Å²) in [6.07, 6.45) is -4.42. The molecule has 94 valence electrons. The minimum atomic E-state index is -4.60. The van der Waals surface area contributed by atoms with Gasteiger partial charge >= 0.3 is 6.18 Å². The molecule has 16 heavy (non-hydrogen) atoms. The molecule has 0 atom stereocenters. The molecule has 1 aliphatic rings. The highest BCUT2D eigenvalue weighted by atomic mass is 19.4. The zero-order chi connectivity index (χ0) is 12.4. The van der Waals surface area contributed by atoms with Crippen LogP contribution in [0.1, 0.15) is 32.6 Å². The Hall–Kier alpha value is -0.780. The molecule has 0 aromatic heterocycles. The van der Waals surface area contributed by atoms with Crippen LogP contribution < -0.4 is 0 Å². The molecule has 0 aliphatic carbocycles. The average Bonchev–Trinajstić information content (AvgIpc) is 2.17. The first-order valence-corrected chi connectivity index (χ1v) is 5.37. The number of carbonyl (C=O) groups is 1. The number of nitrogens with zero attached hydrogens (tertiary/aromatic N) is 1. The minimum absolute atomic E-state index is 0.0190. The fourth-order valence-corrected chi connectivity index (χ4v) is 1.78. The van der Waals surface area contributed by atoms with Gasteiger partial charge in [-0.2, -0.15) is 13.2 Å². The second-order valence-electron chi connectivity index (χ2n) is 4.16. The van der Waals surface area contributed by atoms with Gasteiger partial charge in [0.05, 0.1) is 0 Å². The molecule has 0 radical (unpaired) electrons. The second-order valence-corrected chi connectivity index (χ2v) is 4.16. The van der Waals surface area contributed by atoms with Crippen molar-refractivity contribution in [3.63, 3.8) is 0 Å². The van der Waals surface area contributed by atoms with Gasteiger partial charge in [0.2, 0.25) is 5.91 Å². The number of carbonyl (C=O) groups excluding carboxylic acids is 1. The summed E-state index contributed by atoms with van der Waals surface area (Å²) in [6.45, 7) is 1.80. The first-order chi connectivity index (χ1) is 7.30. The zero-order valence-corrected chi connectivity index (χ0v) is 9.18. The molecule has 6 heteroatoms. The number of amides is 1. The number of alkyl halides is 3. The lowest BCUT2D eigenvalue weighted by Crippen LogP contribution is -2.54. The molecule has 1 heterocycles. The van der Waals surface area contributed by atoms with E-state index < -0.39 is 24.6 Å². The third-order valence-electron chi connectivity index (χ3n) is 2.93. The van der Waals surface area contributed by atoms with Crippen LogP contribution >= 0.6 is 0 Å². The van der Waals surface area contributed by atoms with Gasteiger partial charge < -0.3 is 10.0 Å². The van der Waals surface area contributed by atoms with Crippen molar-refractivity contribution in [2.24, 2.45) is 0 Å². The van der Waals surface area contributed by atoms with E-state index in [2.05, 4.69) is 0 Å². The van der Waals surface area contributed by atoms with Crippen molar-refractivity contribution in [1.82, 2.24) is 4.90 Å². The summed E-state index contributed by atoms with van der Waals surface area (Å²) in [4.78, 5) is 12.8. The van der Waals surface area contributed by atoms with Gasteiger partial charge in [0.1, 0.15) is 0 Å². The zero-order valence-electron chi connectivity index (χ0n) is 9.18. The molecule has 0 aromatic rings. The number of piperidine rings is 1. The summed E-state index contributed by atoms with van der Waals surface area (Å²) < 4.78 is 37.3. The molecule has 0 spiro atoms. The van der Waals surface area contributed by atoms with Gasteiger partial charge in [-0.05, 0) is 6.42 Å². The topological polar surface area (TPSA) is 40.5 Å². The molecule has 1 rings (SSSR count). The Morgan fingerprint density at radius 3 is 2.25 bits per heavy atom. The monoisotopic (exact) mass is 239 g/mol. The normalized spacial score (nSPS) is 20.9. The number of aliphatic hydroxyl groups is 1. The van der Waals surface area contributed by atoms with Crippen LogP contribution in [0.5, 0.6) is 0 Å². The van der Waals surface area contributed by atoms with Crippen LogP contribution in [-0.4, -0.2) is 40.8 Å². The van der Waals surface area contributed by atoms with E-state index >= 15 is 0 Å². The summed E-state index contributed by atoms with van der Waals surface area (Å²) in [5.41, 5.74) is -2.62. The van der Waals surface area contributed by atoms with Crippen LogP contribution in [0.2, 0.25) is 0 Å². The van der Waals surface area contributed by atoms with E-state index in [0.717, 1.165) is 0 Å². The Labute approximate surface area is 92.2 Å². The van der Waals surface area contributed by atoms with Crippen molar-refractivity contribution in [2.45, 2.75) is 44.4 Å². The maximum Gasteiger partial charge on any atom is 0.417 e. The molecule has 1 amide bonds. The molecule has 0 aromatic carbocycles. The van der Waals surface area contributed by atoms with Gasteiger partial charge in [0, 0.05) is 32.4 Å². The summed E-state index contributed by atoms with van der Waals surface area (Å²) in [5.74, 6) is -0.133. The highest BCUT2D eigenvalue weighted by Gasteiger charge is 2.54. The SMILES string of the molecule is CCCC(=O)N1CCC(O)(C(F)(F)F)CC1. The second kappa shape index (κ2) is 4.61. The van der Waals surface area contributed by atoms with Gasteiger partial charge in [0.15, 0.2) is 5.60 Å². The smallest absolute Gasteiger partial charge is 0.380 e. The molecule has 1 fully saturated rings. The molecule has 0 saturated carbocycles. The van der Waals surface area contributed by atoms with Crippen molar-refractivity contribution >= 4 is 5.91 Å². The van der Waals surface area contributed by atoms with E-state index in [1.165, 1.54) is 4.90 Å². The summed E-state index contributed by atoms with van der Waals surface area (Å²) >= 11 is 0. The largest absolute Gasteiger partial charge is 0.417 e. The van der Waals surface area contributed by atoms with Gasteiger partial charge in [-0.15, -0.1) is 0 Å². The number of hydrogen-bond acceptors (Lipinski definition) is 2. The third kappa shape index (κ3) is 2.66. The lowest BCUT2D eigenvalue weighted by Gasteiger charge is -2.39. The lowest BCUT2D eigenvalue weighted by atomic mass is 9.90. The third-order valence-corrected chi connectivity index (χ3v) is 2.93. The van der Waals surface area contributed by atoms with Crippen LogP contribution in [0.15, 0.2) is 0 Å². The molecule has 1 saturated heterocycles. The highest BCUT2D eigenvalue weighted by Crippen LogP contribution is 2.38. The number of halogens is 3. The van der Waals surface area contributed by atoms with Crippen LogP contribution in [0.25, 0.3) is 0 Å². The van der Waals surface area contributed by atoms with Crippen LogP contribution in [-0.2, 0) is 4.79 Å². The Bertz CT molecular complexity index is 257. The van der Waals surface area contributed by atoms with E-state index in [0.29, 0.717) is 12.8 Å². The Balaban J connectivity index is 2.54. The van der Waals surface area contributed by atoms with Gasteiger partial charge in [-0.3, -0.25) is 4.79 Å². The molecular formula is C10H16F3NO2. The predicted molar refractivity (Wildman–Crippen MR) is 51.7 cm³/mol. The fraction of sp³-hybridized carbons (Fsp3) is 0.900. The molecular weight excluding hydrogens is 223 g/mol. The molecule has 0 bridgehead atoms. The number of rotatable bonds is 2. The molecule has 1 aliphatic heterocycles. The molecule has 0 unspecified atom stereocenters. The van der Waals surface area contributed by atoms with E-state index in [9.17, 15) is 23.1 Å². The van der Waals surface area contributed by atoms with Crippen molar-refractivity contribution < 1.29 is 23.1 Å². The average molecular weight is 239 g/mol. The van der Waals surface area contributed by atoms with E-state index in [-0.39, 0.29) is 19.0 Å². The summed E-state index contributed by atoms with van der Waals surface area (Å²) in [5, 5.41) is 9.37. The van der Waals surface area contributed by atoms with Gasteiger partial charge in [-0.1, -0.05) is 6.92 Å². The van der Waals surface area contributed by atoms with Crippen LogP contribution in [0, 0.1) is 0 Å². The Morgan fingerprint density at radius 2 is 1.88 bits per heavy atom. The van der Waals surface area contributed by atoms with Crippen molar-refractivity contribution in [1.29, 1.82) is 0 Å². The lowest BCUT2D eigenvalue weighted by molar-refractivity contribution is -0.272. The molecule has 3 nitrogen and oxygen atoms in total. The first kappa shape index (κ1) is 13.3. The standard InChI is InChI=1S/C10H16F3NO2/c1-2-3-8(15)14-6-4-9(16,5-7-14)10(11,12)13/h16H,2-7H2,1H3.